The molecule has 0 radical (unpaired) electrons. The SMILES string of the molecule is CO[C@H](CN(Cc1ccccc1)Cc1ccccc1)C(F)(F)F. The number of halogens is 3. The van der Waals surface area contributed by atoms with Crippen molar-refractivity contribution in [3.8, 4) is 0 Å². The van der Waals surface area contributed by atoms with Crippen LogP contribution in [0.1, 0.15) is 11.1 Å². The molecular formula is C18H20F3NO. The Bertz CT molecular complexity index is 530. The molecule has 0 bridgehead atoms. The summed E-state index contributed by atoms with van der Waals surface area (Å²) in [6, 6.07) is 18.9. The molecule has 0 unspecified atom stereocenters. The molecule has 0 aliphatic rings. The second-order valence-electron chi connectivity index (χ2n) is 5.41. The Labute approximate surface area is 134 Å². The van der Waals surface area contributed by atoms with Gasteiger partial charge >= 0.3 is 6.18 Å². The maximum atomic E-state index is 13.0. The predicted molar refractivity (Wildman–Crippen MR) is 83.9 cm³/mol. The summed E-state index contributed by atoms with van der Waals surface area (Å²) < 4.78 is 43.7. The van der Waals surface area contributed by atoms with Gasteiger partial charge in [0.25, 0.3) is 0 Å². The Kier molecular flexibility index (Phi) is 6.19. The summed E-state index contributed by atoms with van der Waals surface area (Å²) in [5.74, 6) is 0. The van der Waals surface area contributed by atoms with Crippen LogP contribution in [0.5, 0.6) is 0 Å². The van der Waals surface area contributed by atoms with Gasteiger partial charge in [-0.1, -0.05) is 60.7 Å². The molecule has 0 aromatic heterocycles. The molecular weight excluding hydrogens is 303 g/mol. The molecule has 2 aromatic rings. The molecule has 0 amide bonds. The van der Waals surface area contributed by atoms with Crippen molar-refractivity contribution in [3.05, 3.63) is 71.8 Å². The molecule has 0 saturated heterocycles. The second kappa shape index (κ2) is 8.13. The number of nitrogens with zero attached hydrogens (tertiary/aromatic N) is 1. The summed E-state index contributed by atoms with van der Waals surface area (Å²) in [6.07, 6.45) is -6.17. The first-order chi connectivity index (χ1) is 11.0. The summed E-state index contributed by atoms with van der Waals surface area (Å²) in [5.41, 5.74) is 1.95. The fourth-order valence-corrected chi connectivity index (χ4v) is 2.41. The van der Waals surface area contributed by atoms with Crippen LogP contribution in [-0.4, -0.2) is 30.8 Å². The van der Waals surface area contributed by atoms with E-state index in [9.17, 15) is 13.2 Å². The Hall–Kier alpha value is -1.85. The lowest BCUT2D eigenvalue weighted by Gasteiger charge is -2.28. The topological polar surface area (TPSA) is 12.5 Å². The summed E-state index contributed by atoms with van der Waals surface area (Å²) in [4.78, 5) is 1.76. The summed E-state index contributed by atoms with van der Waals surface area (Å²) in [7, 11) is 1.10. The van der Waals surface area contributed by atoms with Crippen LogP contribution >= 0.6 is 0 Å². The minimum absolute atomic E-state index is 0.205. The number of methoxy groups -OCH3 is 1. The molecule has 0 N–H and O–H groups in total. The largest absolute Gasteiger partial charge is 0.415 e. The molecule has 0 aliphatic heterocycles. The van der Waals surface area contributed by atoms with Crippen LogP contribution < -0.4 is 0 Å². The van der Waals surface area contributed by atoms with Crippen molar-refractivity contribution in [2.24, 2.45) is 0 Å². The molecule has 0 fully saturated rings. The standard InChI is InChI=1S/C18H20F3NO/c1-23-17(18(19,20)21)14-22(12-15-8-4-2-5-9-15)13-16-10-6-3-7-11-16/h2-11,17H,12-14H2,1H3/t17-/m1/s1. The fourth-order valence-electron chi connectivity index (χ4n) is 2.41. The quantitative estimate of drug-likeness (QED) is 0.754. The highest BCUT2D eigenvalue weighted by molar-refractivity contribution is 5.17. The van der Waals surface area contributed by atoms with Gasteiger partial charge in [0.15, 0.2) is 6.10 Å². The highest BCUT2D eigenvalue weighted by atomic mass is 19.4. The molecule has 1 atom stereocenters. The van der Waals surface area contributed by atoms with Crippen LogP contribution in [0.15, 0.2) is 60.7 Å². The van der Waals surface area contributed by atoms with Gasteiger partial charge in [-0.05, 0) is 11.1 Å². The molecule has 2 nitrogen and oxygen atoms in total. The molecule has 5 heteroatoms. The van der Waals surface area contributed by atoms with Gasteiger partial charge in [0, 0.05) is 26.7 Å². The highest BCUT2D eigenvalue weighted by Crippen LogP contribution is 2.24. The zero-order valence-electron chi connectivity index (χ0n) is 13.0. The first-order valence-corrected chi connectivity index (χ1v) is 7.38. The van der Waals surface area contributed by atoms with Crippen LogP contribution in [0, 0.1) is 0 Å². The smallest absolute Gasteiger partial charge is 0.371 e. The van der Waals surface area contributed by atoms with Crippen molar-refractivity contribution in [1.82, 2.24) is 4.90 Å². The number of ether oxygens (including phenoxy) is 1. The molecule has 124 valence electrons. The van der Waals surface area contributed by atoms with Crippen molar-refractivity contribution in [2.45, 2.75) is 25.4 Å². The molecule has 0 aliphatic carbocycles. The van der Waals surface area contributed by atoms with E-state index in [1.807, 2.05) is 60.7 Å². The third-order valence-corrected chi connectivity index (χ3v) is 3.57. The number of rotatable bonds is 7. The highest BCUT2D eigenvalue weighted by Gasteiger charge is 2.40. The lowest BCUT2D eigenvalue weighted by molar-refractivity contribution is -0.217. The first-order valence-electron chi connectivity index (χ1n) is 7.38. The number of hydrogen-bond donors (Lipinski definition) is 0. The average molecular weight is 323 g/mol. The molecule has 0 heterocycles. The van der Waals surface area contributed by atoms with E-state index in [1.165, 1.54) is 0 Å². The summed E-state index contributed by atoms with van der Waals surface area (Å²) >= 11 is 0. The number of alkyl halides is 3. The zero-order valence-corrected chi connectivity index (χ0v) is 13.0. The van der Waals surface area contributed by atoms with Crippen LogP contribution in [0.2, 0.25) is 0 Å². The summed E-state index contributed by atoms with van der Waals surface area (Å²) in [6.45, 7) is 0.668. The van der Waals surface area contributed by atoms with Crippen LogP contribution in [0.4, 0.5) is 13.2 Å². The van der Waals surface area contributed by atoms with E-state index in [4.69, 9.17) is 0 Å². The van der Waals surface area contributed by atoms with Gasteiger partial charge < -0.3 is 4.74 Å². The molecule has 23 heavy (non-hydrogen) atoms. The van der Waals surface area contributed by atoms with E-state index in [2.05, 4.69) is 4.74 Å². The van der Waals surface area contributed by atoms with E-state index in [0.717, 1.165) is 18.2 Å². The number of hydrogen-bond acceptors (Lipinski definition) is 2. The van der Waals surface area contributed by atoms with Crippen LogP contribution in [0.25, 0.3) is 0 Å². The van der Waals surface area contributed by atoms with Gasteiger partial charge in [0.1, 0.15) is 0 Å². The van der Waals surface area contributed by atoms with Crippen molar-refractivity contribution < 1.29 is 17.9 Å². The predicted octanol–water partition coefficient (Wildman–Crippen LogP) is 4.27. The van der Waals surface area contributed by atoms with Crippen LogP contribution in [-0.2, 0) is 17.8 Å². The third kappa shape index (κ3) is 5.69. The van der Waals surface area contributed by atoms with Crippen molar-refractivity contribution >= 4 is 0 Å². The minimum Gasteiger partial charge on any atom is -0.371 e. The normalized spacial score (nSPS) is 13.3. The van der Waals surface area contributed by atoms with Crippen molar-refractivity contribution in [1.29, 1.82) is 0 Å². The number of benzene rings is 2. The van der Waals surface area contributed by atoms with Gasteiger partial charge in [-0.25, -0.2) is 0 Å². The van der Waals surface area contributed by atoms with Crippen molar-refractivity contribution in [2.75, 3.05) is 13.7 Å². The Morgan fingerprint density at radius 1 is 0.870 bits per heavy atom. The monoisotopic (exact) mass is 323 g/mol. The van der Waals surface area contributed by atoms with Gasteiger partial charge in [-0.15, -0.1) is 0 Å². The Morgan fingerprint density at radius 2 is 1.30 bits per heavy atom. The van der Waals surface area contributed by atoms with Crippen LogP contribution in [0.3, 0.4) is 0 Å². The minimum atomic E-state index is -4.37. The van der Waals surface area contributed by atoms with Crippen molar-refractivity contribution in [3.63, 3.8) is 0 Å². The van der Waals surface area contributed by atoms with Gasteiger partial charge in [-0.2, -0.15) is 13.2 Å². The first kappa shape index (κ1) is 17.5. The van der Waals surface area contributed by atoms with E-state index in [1.54, 1.807) is 4.90 Å². The summed E-state index contributed by atoms with van der Waals surface area (Å²) in [5, 5.41) is 0. The second-order valence-corrected chi connectivity index (χ2v) is 5.41. The maximum Gasteiger partial charge on any atom is 0.415 e. The van der Waals surface area contributed by atoms with E-state index in [-0.39, 0.29) is 6.54 Å². The zero-order chi connectivity index (χ0) is 16.7. The molecule has 0 spiro atoms. The lowest BCUT2D eigenvalue weighted by Crippen LogP contribution is -2.41. The molecule has 2 rings (SSSR count). The van der Waals surface area contributed by atoms with Gasteiger partial charge in [-0.3, -0.25) is 4.90 Å². The van der Waals surface area contributed by atoms with Gasteiger partial charge in [0.05, 0.1) is 0 Å². The van der Waals surface area contributed by atoms with E-state index >= 15 is 0 Å². The fraction of sp³-hybridized carbons (Fsp3) is 0.333. The molecule has 0 saturated carbocycles. The lowest BCUT2D eigenvalue weighted by atomic mass is 10.1. The Morgan fingerprint density at radius 3 is 1.65 bits per heavy atom. The molecule has 2 aromatic carbocycles. The van der Waals surface area contributed by atoms with E-state index in [0.29, 0.717) is 13.1 Å². The maximum absolute atomic E-state index is 13.0. The van der Waals surface area contributed by atoms with E-state index < -0.39 is 12.3 Å². The van der Waals surface area contributed by atoms with Gasteiger partial charge in [0.2, 0.25) is 0 Å². The average Bonchev–Trinajstić information content (AvgIpc) is 2.53. The third-order valence-electron chi connectivity index (χ3n) is 3.57. The Balaban J connectivity index is 2.13.